The average Bonchev–Trinajstić information content (AvgIpc) is 3.02. The first kappa shape index (κ1) is 16.3. The lowest BCUT2D eigenvalue weighted by Crippen LogP contribution is -1.96. The van der Waals surface area contributed by atoms with E-state index in [0.717, 1.165) is 44.6 Å². The van der Waals surface area contributed by atoms with Crippen LogP contribution in [0.15, 0.2) is 65.3 Å². The summed E-state index contributed by atoms with van der Waals surface area (Å²) >= 11 is 9.90. The largest absolute Gasteiger partial charge is 0.236 e. The highest BCUT2D eigenvalue weighted by molar-refractivity contribution is 9.10. The Morgan fingerprint density at radius 1 is 1.04 bits per heavy atom. The molecule has 0 radical (unpaired) electrons. The van der Waals surface area contributed by atoms with Gasteiger partial charge in [-0.05, 0) is 36.2 Å². The van der Waals surface area contributed by atoms with E-state index in [-0.39, 0.29) is 0 Å². The first-order valence-electron chi connectivity index (χ1n) is 8.06. The summed E-state index contributed by atoms with van der Waals surface area (Å²) in [5, 5.41) is 5.53. The van der Waals surface area contributed by atoms with Gasteiger partial charge < -0.3 is 0 Å². The summed E-state index contributed by atoms with van der Waals surface area (Å²) in [5.41, 5.74) is 5.94. The molecule has 124 valence electrons. The Labute approximate surface area is 159 Å². The molecule has 0 amide bonds. The number of rotatable bonds is 3. The van der Waals surface area contributed by atoms with Crippen LogP contribution in [0.3, 0.4) is 0 Å². The molecule has 0 saturated carbocycles. The number of nitrogens with zero attached hydrogens (tertiary/aromatic N) is 3. The molecular formula is C20H15BrClN3. The topological polar surface area (TPSA) is 30.2 Å². The molecule has 0 N–H and O–H groups in total. The lowest BCUT2D eigenvalue weighted by molar-refractivity contribution is 0.894. The minimum absolute atomic E-state index is 0.703. The van der Waals surface area contributed by atoms with Crippen LogP contribution in [0.25, 0.3) is 28.0 Å². The van der Waals surface area contributed by atoms with E-state index in [0.29, 0.717) is 5.02 Å². The summed E-state index contributed by atoms with van der Waals surface area (Å²) in [6.07, 6.45) is 2.65. The highest BCUT2D eigenvalue weighted by Gasteiger charge is 2.17. The SMILES string of the molecule is CCc1nn2c(-c3ccccc3Cl)ccnc2c1-c1ccc(Br)cc1. The lowest BCUT2D eigenvalue weighted by atomic mass is 10.0. The van der Waals surface area contributed by atoms with Crippen molar-refractivity contribution in [2.45, 2.75) is 13.3 Å². The minimum Gasteiger partial charge on any atom is -0.236 e. The Morgan fingerprint density at radius 2 is 1.80 bits per heavy atom. The molecule has 25 heavy (non-hydrogen) atoms. The first-order chi connectivity index (χ1) is 12.2. The predicted octanol–water partition coefficient (Wildman–Crippen LogP) is 6.04. The van der Waals surface area contributed by atoms with E-state index in [1.807, 2.05) is 53.2 Å². The van der Waals surface area contributed by atoms with E-state index in [1.165, 1.54) is 0 Å². The number of benzene rings is 2. The Hall–Kier alpha value is -2.17. The van der Waals surface area contributed by atoms with Gasteiger partial charge in [0.15, 0.2) is 5.65 Å². The molecule has 3 nitrogen and oxygen atoms in total. The molecule has 0 aliphatic carbocycles. The van der Waals surface area contributed by atoms with E-state index >= 15 is 0 Å². The normalized spacial score (nSPS) is 11.2. The van der Waals surface area contributed by atoms with Crippen LogP contribution in [0.1, 0.15) is 12.6 Å². The van der Waals surface area contributed by atoms with Gasteiger partial charge in [-0.25, -0.2) is 9.50 Å². The quantitative estimate of drug-likeness (QED) is 0.410. The molecule has 2 aromatic carbocycles. The highest BCUT2D eigenvalue weighted by Crippen LogP contribution is 2.33. The molecule has 0 atom stereocenters. The zero-order valence-corrected chi connectivity index (χ0v) is 15.9. The summed E-state index contributed by atoms with van der Waals surface area (Å²) < 4.78 is 2.95. The second-order valence-electron chi connectivity index (χ2n) is 5.73. The van der Waals surface area contributed by atoms with Gasteiger partial charge in [-0.1, -0.05) is 64.8 Å². The van der Waals surface area contributed by atoms with Crippen molar-refractivity contribution in [2.75, 3.05) is 0 Å². The van der Waals surface area contributed by atoms with Gasteiger partial charge in [0.05, 0.1) is 11.4 Å². The first-order valence-corrected chi connectivity index (χ1v) is 9.23. The van der Waals surface area contributed by atoms with Gasteiger partial charge in [-0.3, -0.25) is 0 Å². The molecular weight excluding hydrogens is 398 g/mol. The molecule has 0 aliphatic heterocycles. The van der Waals surface area contributed by atoms with Crippen LogP contribution in [0, 0.1) is 0 Å². The molecule has 2 heterocycles. The Bertz CT molecular complexity index is 1050. The molecule has 4 rings (SSSR count). The monoisotopic (exact) mass is 411 g/mol. The standard InChI is InChI=1S/C20H15BrClN3/c1-2-17-19(13-7-9-14(21)10-8-13)20-23-12-11-18(25(20)24-17)15-5-3-4-6-16(15)22/h3-12H,2H2,1H3. The van der Waals surface area contributed by atoms with E-state index in [4.69, 9.17) is 16.7 Å². The van der Waals surface area contributed by atoms with Crippen molar-refractivity contribution in [1.82, 2.24) is 14.6 Å². The molecule has 0 fully saturated rings. The third kappa shape index (κ3) is 2.86. The van der Waals surface area contributed by atoms with E-state index in [2.05, 4.69) is 40.0 Å². The van der Waals surface area contributed by atoms with E-state index in [9.17, 15) is 0 Å². The van der Waals surface area contributed by atoms with Gasteiger partial charge in [0.25, 0.3) is 0 Å². The van der Waals surface area contributed by atoms with Crippen molar-refractivity contribution in [1.29, 1.82) is 0 Å². The van der Waals surface area contributed by atoms with Crippen molar-refractivity contribution in [2.24, 2.45) is 0 Å². The molecule has 0 aliphatic rings. The van der Waals surface area contributed by atoms with Gasteiger partial charge in [0, 0.05) is 26.8 Å². The summed E-state index contributed by atoms with van der Waals surface area (Å²) in [4.78, 5) is 4.61. The third-order valence-corrected chi connectivity index (χ3v) is 5.07. The van der Waals surface area contributed by atoms with Crippen molar-refractivity contribution in [3.05, 3.63) is 76.0 Å². The van der Waals surface area contributed by atoms with Gasteiger partial charge in [-0.2, -0.15) is 5.10 Å². The van der Waals surface area contributed by atoms with Crippen LogP contribution < -0.4 is 0 Å². The molecule has 0 bridgehead atoms. The maximum absolute atomic E-state index is 6.41. The Balaban J connectivity index is 2.01. The van der Waals surface area contributed by atoms with Crippen molar-refractivity contribution in [3.63, 3.8) is 0 Å². The zero-order valence-electron chi connectivity index (χ0n) is 13.6. The van der Waals surface area contributed by atoms with Crippen LogP contribution in [0.4, 0.5) is 0 Å². The maximum atomic E-state index is 6.41. The van der Waals surface area contributed by atoms with Crippen LogP contribution >= 0.6 is 27.5 Å². The fourth-order valence-electron chi connectivity index (χ4n) is 3.02. The van der Waals surface area contributed by atoms with E-state index in [1.54, 1.807) is 0 Å². The maximum Gasteiger partial charge on any atom is 0.163 e. The number of aromatic nitrogens is 3. The van der Waals surface area contributed by atoms with Crippen LogP contribution in [-0.4, -0.2) is 14.6 Å². The summed E-state index contributed by atoms with van der Waals surface area (Å²) in [7, 11) is 0. The van der Waals surface area contributed by atoms with Crippen LogP contribution in [0.2, 0.25) is 5.02 Å². The molecule has 2 aromatic heterocycles. The van der Waals surface area contributed by atoms with Crippen LogP contribution in [0.5, 0.6) is 0 Å². The summed E-state index contributed by atoms with van der Waals surface area (Å²) in [5.74, 6) is 0. The highest BCUT2D eigenvalue weighted by atomic mass is 79.9. The van der Waals surface area contributed by atoms with Crippen molar-refractivity contribution >= 4 is 33.2 Å². The number of hydrogen-bond donors (Lipinski definition) is 0. The minimum atomic E-state index is 0.703. The smallest absolute Gasteiger partial charge is 0.163 e. The number of aryl methyl sites for hydroxylation is 1. The van der Waals surface area contributed by atoms with Gasteiger partial charge in [0.2, 0.25) is 0 Å². The van der Waals surface area contributed by atoms with Gasteiger partial charge >= 0.3 is 0 Å². The average molecular weight is 413 g/mol. The fraction of sp³-hybridized carbons (Fsp3) is 0.100. The molecule has 4 aromatic rings. The molecule has 0 saturated heterocycles. The van der Waals surface area contributed by atoms with Gasteiger partial charge in [-0.15, -0.1) is 0 Å². The third-order valence-electron chi connectivity index (χ3n) is 4.21. The molecule has 0 unspecified atom stereocenters. The summed E-state index contributed by atoms with van der Waals surface area (Å²) in [6, 6.07) is 18.0. The van der Waals surface area contributed by atoms with Crippen molar-refractivity contribution in [3.8, 4) is 22.4 Å². The number of halogens is 2. The fourth-order valence-corrected chi connectivity index (χ4v) is 3.52. The van der Waals surface area contributed by atoms with Gasteiger partial charge in [0.1, 0.15) is 0 Å². The second kappa shape index (κ2) is 6.62. The lowest BCUT2D eigenvalue weighted by Gasteiger charge is -2.07. The van der Waals surface area contributed by atoms with Crippen molar-refractivity contribution < 1.29 is 0 Å². The molecule has 0 spiro atoms. The molecule has 5 heteroatoms. The summed E-state index contributed by atoms with van der Waals surface area (Å²) in [6.45, 7) is 2.11. The van der Waals surface area contributed by atoms with Crippen LogP contribution in [-0.2, 0) is 6.42 Å². The zero-order chi connectivity index (χ0) is 17.4. The van der Waals surface area contributed by atoms with E-state index < -0.39 is 0 Å². The number of fused-ring (bicyclic) bond motifs is 1. The second-order valence-corrected chi connectivity index (χ2v) is 7.05. The Kier molecular flexibility index (Phi) is 4.32. The predicted molar refractivity (Wildman–Crippen MR) is 106 cm³/mol. The number of hydrogen-bond acceptors (Lipinski definition) is 2. The Morgan fingerprint density at radius 3 is 2.52 bits per heavy atom.